The van der Waals surface area contributed by atoms with Crippen LogP contribution < -0.4 is 4.74 Å². The summed E-state index contributed by atoms with van der Waals surface area (Å²) in [4.78, 5) is 16.0. The third-order valence-electron chi connectivity index (χ3n) is 4.41. The molecule has 0 aliphatic rings. The van der Waals surface area contributed by atoms with Crippen molar-refractivity contribution in [2.24, 2.45) is 0 Å². The number of fused-ring (bicyclic) bond motifs is 1. The van der Waals surface area contributed by atoms with Crippen LogP contribution in [0.15, 0.2) is 58.2 Å². The van der Waals surface area contributed by atoms with Crippen molar-refractivity contribution in [2.45, 2.75) is 25.2 Å². The molecule has 0 fully saturated rings. The molecule has 29 heavy (non-hydrogen) atoms. The maximum atomic E-state index is 13.7. The van der Waals surface area contributed by atoms with Gasteiger partial charge in [-0.05, 0) is 32.0 Å². The smallest absolute Gasteiger partial charge is 0.277 e. The van der Waals surface area contributed by atoms with E-state index in [9.17, 15) is 9.18 Å². The molecule has 4 aromatic rings. The molecular weight excluding hydrogens is 393 g/mol. The van der Waals surface area contributed by atoms with E-state index in [4.69, 9.17) is 9.15 Å². The van der Waals surface area contributed by atoms with Gasteiger partial charge >= 0.3 is 0 Å². The second kappa shape index (κ2) is 8.08. The Labute approximate surface area is 170 Å². The molecule has 0 saturated carbocycles. The molecule has 0 unspecified atom stereocenters. The lowest BCUT2D eigenvalue weighted by molar-refractivity contribution is 0.102. The number of H-pyrrole nitrogens is 1. The summed E-state index contributed by atoms with van der Waals surface area (Å²) < 4.78 is 24.8. The van der Waals surface area contributed by atoms with Crippen molar-refractivity contribution in [3.05, 3.63) is 71.5 Å². The molecule has 0 saturated heterocycles. The van der Waals surface area contributed by atoms with E-state index in [0.717, 1.165) is 28.4 Å². The minimum Gasteiger partial charge on any atom is -0.478 e. The van der Waals surface area contributed by atoms with Crippen LogP contribution in [-0.4, -0.2) is 26.7 Å². The molecule has 0 amide bonds. The number of para-hydroxylation sites is 2. The molecule has 0 spiro atoms. The summed E-state index contributed by atoms with van der Waals surface area (Å²) in [5.74, 6) is -0.00949. The molecule has 1 N–H and O–H groups in total. The predicted molar refractivity (Wildman–Crippen MR) is 108 cm³/mol. The number of aromatic amines is 1. The lowest BCUT2D eigenvalue weighted by Gasteiger charge is -2.11. The van der Waals surface area contributed by atoms with E-state index in [1.807, 2.05) is 31.2 Å². The number of hydrogen-bond acceptors (Lipinski definition) is 6. The molecular formula is C21H18FN3O3S. The van der Waals surface area contributed by atoms with Gasteiger partial charge in [-0.1, -0.05) is 42.1 Å². The van der Waals surface area contributed by atoms with Crippen molar-refractivity contribution >= 4 is 28.4 Å². The van der Waals surface area contributed by atoms with Crippen LogP contribution in [-0.2, 0) is 0 Å². The highest BCUT2D eigenvalue weighted by Crippen LogP contribution is 2.27. The van der Waals surface area contributed by atoms with Crippen molar-refractivity contribution in [3.63, 3.8) is 0 Å². The summed E-state index contributed by atoms with van der Waals surface area (Å²) in [6.45, 7) is 3.57. The van der Waals surface area contributed by atoms with Gasteiger partial charge in [-0.3, -0.25) is 4.79 Å². The molecule has 148 valence electrons. The molecule has 2 heterocycles. The molecule has 1 atom stereocenters. The molecule has 2 aromatic heterocycles. The van der Waals surface area contributed by atoms with Crippen LogP contribution in [0, 0.1) is 12.7 Å². The highest BCUT2D eigenvalue weighted by Gasteiger charge is 2.20. The number of hydrogen-bond donors (Lipinski definition) is 1. The van der Waals surface area contributed by atoms with Gasteiger partial charge in [0.2, 0.25) is 0 Å². The van der Waals surface area contributed by atoms with Crippen LogP contribution in [0.2, 0.25) is 0 Å². The van der Waals surface area contributed by atoms with Crippen molar-refractivity contribution in [3.8, 4) is 5.75 Å². The van der Waals surface area contributed by atoms with Crippen LogP contribution in [0.25, 0.3) is 10.9 Å². The normalized spacial score (nSPS) is 12.2. The number of Topliss-reactive ketones (excluding diaryl/α,β-unsaturated/α-hetero) is 1. The Kier molecular flexibility index (Phi) is 5.35. The Balaban J connectivity index is 1.42. The number of rotatable bonds is 7. The molecule has 8 heteroatoms. The molecule has 6 nitrogen and oxygen atoms in total. The first-order chi connectivity index (χ1) is 14.0. The largest absolute Gasteiger partial charge is 0.478 e. The third kappa shape index (κ3) is 4.02. The first kappa shape index (κ1) is 19.2. The summed E-state index contributed by atoms with van der Waals surface area (Å²) >= 11 is 1.16. The van der Waals surface area contributed by atoms with Gasteiger partial charge in [0, 0.05) is 22.2 Å². The number of ether oxygens (including phenoxy) is 1. The van der Waals surface area contributed by atoms with Gasteiger partial charge in [0.15, 0.2) is 23.5 Å². The fourth-order valence-electron chi connectivity index (χ4n) is 3.06. The van der Waals surface area contributed by atoms with Crippen molar-refractivity contribution in [2.75, 3.05) is 5.75 Å². The molecule has 0 radical (unpaired) electrons. The van der Waals surface area contributed by atoms with Crippen molar-refractivity contribution in [1.29, 1.82) is 0 Å². The van der Waals surface area contributed by atoms with E-state index >= 15 is 0 Å². The zero-order valence-corrected chi connectivity index (χ0v) is 16.6. The quantitative estimate of drug-likeness (QED) is 0.336. The van der Waals surface area contributed by atoms with E-state index in [2.05, 4.69) is 15.2 Å². The Morgan fingerprint density at radius 3 is 2.79 bits per heavy atom. The van der Waals surface area contributed by atoms with Crippen LogP contribution in [0.3, 0.4) is 0 Å². The lowest BCUT2D eigenvalue weighted by atomic mass is 10.1. The van der Waals surface area contributed by atoms with Gasteiger partial charge in [-0.25, -0.2) is 4.39 Å². The number of halogens is 1. The molecule has 4 rings (SSSR count). The number of nitrogens with one attached hydrogen (secondary N) is 1. The van der Waals surface area contributed by atoms with Gasteiger partial charge in [-0.2, -0.15) is 0 Å². The second-order valence-electron chi connectivity index (χ2n) is 6.48. The SMILES string of the molecule is Cc1[nH]c2ccccc2c1C(=O)CSc1nnc([C@H](C)Oc2ccccc2F)o1. The van der Waals surface area contributed by atoms with E-state index in [1.54, 1.807) is 19.1 Å². The fourth-order valence-corrected chi connectivity index (χ4v) is 3.70. The number of aromatic nitrogens is 3. The van der Waals surface area contributed by atoms with Crippen LogP contribution in [0.5, 0.6) is 5.75 Å². The maximum Gasteiger partial charge on any atom is 0.277 e. The second-order valence-corrected chi connectivity index (χ2v) is 7.41. The van der Waals surface area contributed by atoms with Gasteiger partial charge in [0.25, 0.3) is 11.1 Å². The van der Waals surface area contributed by atoms with E-state index in [0.29, 0.717) is 5.56 Å². The molecule has 0 bridgehead atoms. The monoisotopic (exact) mass is 411 g/mol. The lowest BCUT2D eigenvalue weighted by Crippen LogP contribution is -2.04. The summed E-state index contributed by atoms with van der Waals surface area (Å²) in [5, 5.41) is 9.06. The van der Waals surface area contributed by atoms with Gasteiger partial charge in [-0.15, -0.1) is 10.2 Å². The van der Waals surface area contributed by atoms with Gasteiger partial charge < -0.3 is 14.1 Å². The first-order valence-electron chi connectivity index (χ1n) is 9.01. The topological polar surface area (TPSA) is 81.0 Å². The zero-order chi connectivity index (χ0) is 20.4. The summed E-state index contributed by atoms with van der Waals surface area (Å²) in [6, 6.07) is 13.8. The van der Waals surface area contributed by atoms with Crippen LogP contribution in [0.1, 0.15) is 35.0 Å². The van der Waals surface area contributed by atoms with Gasteiger partial charge in [0.05, 0.1) is 5.75 Å². The molecule has 0 aliphatic heterocycles. The maximum absolute atomic E-state index is 13.7. The van der Waals surface area contributed by atoms with Crippen molar-refractivity contribution in [1.82, 2.24) is 15.2 Å². The highest BCUT2D eigenvalue weighted by molar-refractivity contribution is 7.99. The van der Waals surface area contributed by atoms with E-state index < -0.39 is 11.9 Å². The number of carbonyl (C=O) groups is 1. The third-order valence-corrected chi connectivity index (χ3v) is 5.23. The predicted octanol–water partition coefficient (Wildman–Crippen LogP) is 5.11. The summed E-state index contributed by atoms with van der Waals surface area (Å²) in [7, 11) is 0. The number of carbonyl (C=O) groups excluding carboxylic acids is 1. The average Bonchev–Trinajstić information content (AvgIpc) is 3.31. The Bertz CT molecular complexity index is 1170. The summed E-state index contributed by atoms with van der Waals surface area (Å²) in [6.07, 6.45) is -0.625. The minimum atomic E-state index is -0.625. The van der Waals surface area contributed by atoms with Gasteiger partial charge in [0.1, 0.15) is 0 Å². The molecule has 2 aromatic carbocycles. The Hall–Kier alpha value is -3.13. The first-order valence-corrected chi connectivity index (χ1v) is 9.99. The Morgan fingerprint density at radius 1 is 1.21 bits per heavy atom. The van der Waals surface area contributed by atoms with Crippen LogP contribution in [0.4, 0.5) is 4.39 Å². The fraction of sp³-hybridized carbons (Fsp3) is 0.190. The van der Waals surface area contributed by atoms with Crippen LogP contribution >= 0.6 is 11.8 Å². The standard InChI is InChI=1S/C21H18FN3O3S/c1-12-19(14-7-3-5-9-16(14)23-12)17(26)11-29-21-25-24-20(28-21)13(2)27-18-10-6-4-8-15(18)22/h3-10,13,23H,11H2,1-2H3/t13-/m0/s1. The highest BCUT2D eigenvalue weighted by atomic mass is 32.2. The summed E-state index contributed by atoms with van der Waals surface area (Å²) in [5.41, 5.74) is 2.43. The number of aryl methyl sites for hydroxylation is 1. The van der Waals surface area contributed by atoms with Crippen molar-refractivity contribution < 1.29 is 18.3 Å². The number of thioether (sulfide) groups is 1. The zero-order valence-electron chi connectivity index (χ0n) is 15.8. The number of ketones is 1. The Morgan fingerprint density at radius 2 is 1.97 bits per heavy atom. The van der Waals surface area contributed by atoms with E-state index in [-0.39, 0.29) is 28.4 Å². The van der Waals surface area contributed by atoms with E-state index in [1.165, 1.54) is 12.1 Å². The number of benzene rings is 2. The number of nitrogens with zero attached hydrogens (tertiary/aromatic N) is 2. The average molecular weight is 411 g/mol. The molecule has 0 aliphatic carbocycles. The minimum absolute atomic E-state index is 0.0274.